The standard InChI is InChI=1S/C11H21N/c1-10(9-12)7-11(8-10)5-3-2-4-6-11/h2-9,12H2,1H3. The van der Waals surface area contributed by atoms with Crippen molar-refractivity contribution in [2.24, 2.45) is 16.6 Å². The molecule has 12 heavy (non-hydrogen) atoms. The maximum atomic E-state index is 5.76. The van der Waals surface area contributed by atoms with Crippen molar-refractivity contribution in [3.05, 3.63) is 0 Å². The second-order valence-electron chi connectivity index (χ2n) is 5.43. The van der Waals surface area contributed by atoms with Crippen LogP contribution in [0.3, 0.4) is 0 Å². The molecule has 0 bridgehead atoms. The van der Waals surface area contributed by atoms with Gasteiger partial charge in [-0.15, -0.1) is 0 Å². The third kappa shape index (κ3) is 1.28. The average Bonchev–Trinajstić information content (AvgIpc) is 2.04. The topological polar surface area (TPSA) is 26.0 Å². The first-order valence-corrected chi connectivity index (χ1v) is 5.38. The first-order chi connectivity index (χ1) is 5.68. The summed E-state index contributed by atoms with van der Waals surface area (Å²) in [6.07, 6.45) is 10.2. The monoisotopic (exact) mass is 167 g/mol. The Labute approximate surface area is 75.7 Å². The van der Waals surface area contributed by atoms with Crippen LogP contribution in [-0.4, -0.2) is 6.54 Å². The van der Waals surface area contributed by atoms with E-state index in [-0.39, 0.29) is 0 Å². The van der Waals surface area contributed by atoms with E-state index in [0.29, 0.717) is 5.41 Å². The minimum Gasteiger partial charge on any atom is -0.330 e. The van der Waals surface area contributed by atoms with Crippen molar-refractivity contribution in [1.82, 2.24) is 0 Å². The van der Waals surface area contributed by atoms with E-state index in [4.69, 9.17) is 5.73 Å². The Morgan fingerprint density at radius 2 is 1.67 bits per heavy atom. The summed E-state index contributed by atoms with van der Waals surface area (Å²) in [5.41, 5.74) is 7.03. The summed E-state index contributed by atoms with van der Waals surface area (Å²) in [6.45, 7) is 3.25. The second kappa shape index (κ2) is 2.73. The van der Waals surface area contributed by atoms with Crippen molar-refractivity contribution in [3.63, 3.8) is 0 Å². The van der Waals surface area contributed by atoms with Crippen molar-refractivity contribution >= 4 is 0 Å². The van der Waals surface area contributed by atoms with Gasteiger partial charge in [0.1, 0.15) is 0 Å². The van der Waals surface area contributed by atoms with Crippen molar-refractivity contribution in [2.75, 3.05) is 6.54 Å². The Morgan fingerprint density at radius 1 is 1.08 bits per heavy atom. The summed E-state index contributed by atoms with van der Waals surface area (Å²) in [5.74, 6) is 0. The highest BCUT2D eigenvalue weighted by Crippen LogP contribution is 2.60. The smallest absolute Gasteiger partial charge is 0.00228 e. The molecule has 0 aromatic heterocycles. The van der Waals surface area contributed by atoms with E-state index in [1.807, 2.05) is 0 Å². The van der Waals surface area contributed by atoms with E-state index in [0.717, 1.165) is 12.0 Å². The third-order valence-electron chi connectivity index (χ3n) is 4.01. The van der Waals surface area contributed by atoms with Crippen LogP contribution in [0.25, 0.3) is 0 Å². The van der Waals surface area contributed by atoms with E-state index in [2.05, 4.69) is 6.92 Å². The molecule has 0 atom stereocenters. The molecule has 0 aromatic rings. The Hall–Kier alpha value is -0.0400. The molecule has 1 spiro atoms. The predicted octanol–water partition coefficient (Wildman–Crippen LogP) is 2.70. The van der Waals surface area contributed by atoms with Crippen LogP contribution in [0.15, 0.2) is 0 Å². The van der Waals surface area contributed by atoms with Gasteiger partial charge in [-0.05, 0) is 43.1 Å². The lowest BCUT2D eigenvalue weighted by molar-refractivity contribution is -0.0481. The molecule has 2 rings (SSSR count). The van der Waals surface area contributed by atoms with Gasteiger partial charge in [0, 0.05) is 0 Å². The minimum absolute atomic E-state index is 0.511. The molecule has 2 saturated carbocycles. The molecule has 2 N–H and O–H groups in total. The predicted molar refractivity (Wildman–Crippen MR) is 51.9 cm³/mol. The van der Waals surface area contributed by atoms with E-state index in [1.54, 1.807) is 0 Å². The van der Waals surface area contributed by atoms with Gasteiger partial charge in [-0.2, -0.15) is 0 Å². The zero-order chi connectivity index (χ0) is 8.66. The first-order valence-electron chi connectivity index (χ1n) is 5.38. The highest BCUT2D eigenvalue weighted by atomic mass is 14.7. The number of hydrogen-bond donors (Lipinski definition) is 1. The molecule has 1 heteroatoms. The van der Waals surface area contributed by atoms with Crippen molar-refractivity contribution < 1.29 is 0 Å². The van der Waals surface area contributed by atoms with Gasteiger partial charge in [-0.25, -0.2) is 0 Å². The second-order valence-corrected chi connectivity index (χ2v) is 5.43. The van der Waals surface area contributed by atoms with Gasteiger partial charge in [-0.1, -0.05) is 26.2 Å². The zero-order valence-corrected chi connectivity index (χ0v) is 8.23. The van der Waals surface area contributed by atoms with Crippen LogP contribution < -0.4 is 5.73 Å². The lowest BCUT2D eigenvalue weighted by Gasteiger charge is -2.56. The molecule has 0 unspecified atom stereocenters. The van der Waals surface area contributed by atoms with Crippen molar-refractivity contribution in [2.45, 2.75) is 51.9 Å². The highest BCUT2D eigenvalue weighted by Gasteiger charge is 2.50. The molecule has 0 aliphatic heterocycles. The third-order valence-corrected chi connectivity index (χ3v) is 4.01. The lowest BCUT2D eigenvalue weighted by atomic mass is 9.49. The largest absolute Gasteiger partial charge is 0.330 e. The van der Waals surface area contributed by atoms with Gasteiger partial charge in [0.05, 0.1) is 0 Å². The minimum atomic E-state index is 0.511. The molecule has 2 aliphatic rings. The summed E-state index contributed by atoms with van der Waals surface area (Å²) >= 11 is 0. The maximum Gasteiger partial charge on any atom is -0.00228 e. The fraction of sp³-hybridized carbons (Fsp3) is 1.00. The van der Waals surface area contributed by atoms with E-state index < -0.39 is 0 Å². The van der Waals surface area contributed by atoms with Crippen LogP contribution in [0.2, 0.25) is 0 Å². The molecule has 0 heterocycles. The number of rotatable bonds is 1. The van der Waals surface area contributed by atoms with Gasteiger partial charge >= 0.3 is 0 Å². The fourth-order valence-corrected chi connectivity index (χ4v) is 3.56. The van der Waals surface area contributed by atoms with Crippen molar-refractivity contribution in [3.8, 4) is 0 Å². The van der Waals surface area contributed by atoms with Crippen LogP contribution in [-0.2, 0) is 0 Å². The SMILES string of the molecule is CC1(CN)CC2(CCCCC2)C1. The molecule has 70 valence electrons. The Balaban J connectivity index is 1.92. The summed E-state index contributed by atoms with van der Waals surface area (Å²) in [6, 6.07) is 0. The van der Waals surface area contributed by atoms with Crippen LogP contribution in [0.4, 0.5) is 0 Å². The van der Waals surface area contributed by atoms with E-state index >= 15 is 0 Å². The Morgan fingerprint density at radius 3 is 2.17 bits per heavy atom. The lowest BCUT2D eigenvalue weighted by Crippen LogP contribution is -2.49. The van der Waals surface area contributed by atoms with Crippen LogP contribution in [0.5, 0.6) is 0 Å². The van der Waals surface area contributed by atoms with Gasteiger partial charge in [0.15, 0.2) is 0 Å². The van der Waals surface area contributed by atoms with Crippen LogP contribution >= 0.6 is 0 Å². The summed E-state index contributed by atoms with van der Waals surface area (Å²) in [7, 11) is 0. The summed E-state index contributed by atoms with van der Waals surface area (Å²) in [4.78, 5) is 0. The zero-order valence-electron chi connectivity index (χ0n) is 8.23. The molecule has 2 aliphatic carbocycles. The Bertz CT molecular complexity index is 160. The molecule has 1 nitrogen and oxygen atoms in total. The molecule has 2 fully saturated rings. The number of hydrogen-bond acceptors (Lipinski definition) is 1. The van der Waals surface area contributed by atoms with Crippen molar-refractivity contribution in [1.29, 1.82) is 0 Å². The van der Waals surface area contributed by atoms with Gasteiger partial charge in [0.2, 0.25) is 0 Å². The Kier molecular flexibility index (Phi) is 1.95. The van der Waals surface area contributed by atoms with Crippen LogP contribution in [0, 0.1) is 10.8 Å². The molecule has 0 amide bonds. The molecule has 0 saturated heterocycles. The van der Waals surface area contributed by atoms with E-state index in [1.165, 1.54) is 44.9 Å². The highest BCUT2D eigenvalue weighted by molar-refractivity contribution is 5.02. The quantitative estimate of drug-likeness (QED) is 0.638. The summed E-state index contributed by atoms with van der Waals surface area (Å²) in [5, 5.41) is 0. The van der Waals surface area contributed by atoms with Gasteiger partial charge in [-0.3, -0.25) is 0 Å². The summed E-state index contributed by atoms with van der Waals surface area (Å²) < 4.78 is 0. The molecular weight excluding hydrogens is 146 g/mol. The van der Waals surface area contributed by atoms with Gasteiger partial charge in [0.25, 0.3) is 0 Å². The van der Waals surface area contributed by atoms with Gasteiger partial charge < -0.3 is 5.73 Å². The van der Waals surface area contributed by atoms with Crippen LogP contribution in [0.1, 0.15) is 51.9 Å². The normalized spacial score (nSPS) is 31.5. The molecule has 0 aromatic carbocycles. The maximum absolute atomic E-state index is 5.76. The number of nitrogens with two attached hydrogens (primary N) is 1. The fourth-order valence-electron chi connectivity index (χ4n) is 3.56. The molecule has 0 radical (unpaired) electrons. The first kappa shape index (κ1) is 8.55. The molecular formula is C11H21N. The van der Waals surface area contributed by atoms with E-state index in [9.17, 15) is 0 Å². The average molecular weight is 167 g/mol.